The van der Waals surface area contributed by atoms with Crippen molar-refractivity contribution in [2.75, 3.05) is 7.05 Å². The minimum Gasteiger partial charge on any atom is -0.338 e. The number of benzene rings is 1. The highest BCUT2D eigenvalue weighted by atomic mass is 79.9. The van der Waals surface area contributed by atoms with E-state index in [2.05, 4.69) is 57.4 Å². The number of aromatic nitrogens is 2. The number of rotatable bonds is 6. The van der Waals surface area contributed by atoms with Crippen molar-refractivity contribution in [3.8, 4) is 0 Å². The quantitative estimate of drug-likeness (QED) is 0.802. The first-order valence-electron chi connectivity index (χ1n) is 6.46. The van der Waals surface area contributed by atoms with Crippen molar-refractivity contribution < 1.29 is 4.52 Å². The predicted octanol–water partition coefficient (Wildman–Crippen LogP) is 3.58. The number of halogens is 1. The summed E-state index contributed by atoms with van der Waals surface area (Å²) in [4.78, 5) is 5.65. The lowest BCUT2D eigenvalue weighted by atomic mass is 10.2. The van der Waals surface area contributed by atoms with Crippen molar-refractivity contribution in [1.82, 2.24) is 15.5 Å². The molecule has 1 N–H and O–H groups in total. The van der Waals surface area contributed by atoms with Crippen LogP contribution in [0.5, 0.6) is 0 Å². The second-order valence-corrected chi connectivity index (χ2v) is 6.63. The van der Waals surface area contributed by atoms with Gasteiger partial charge >= 0.3 is 0 Å². The molecular weight excluding hydrogens is 338 g/mol. The third kappa shape index (κ3) is 4.33. The molecule has 1 aromatic carbocycles. The van der Waals surface area contributed by atoms with Gasteiger partial charge in [0.25, 0.3) is 0 Å². The summed E-state index contributed by atoms with van der Waals surface area (Å²) in [6.07, 6.45) is 0.780. The maximum Gasteiger partial charge on any atom is 0.237 e. The summed E-state index contributed by atoms with van der Waals surface area (Å²) in [7, 11) is 1.93. The van der Waals surface area contributed by atoms with Gasteiger partial charge in [-0.3, -0.25) is 0 Å². The summed E-state index contributed by atoms with van der Waals surface area (Å²) in [6, 6.07) is 6.60. The number of nitrogens with zero attached hydrogens (tertiary/aromatic N) is 2. The molecule has 0 aliphatic carbocycles. The lowest BCUT2D eigenvalue weighted by Crippen LogP contribution is -2.24. The maximum absolute atomic E-state index is 5.28. The number of aryl methyl sites for hydroxylation is 1. The molecule has 20 heavy (non-hydrogen) atoms. The summed E-state index contributed by atoms with van der Waals surface area (Å²) in [5, 5.41) is 7.17. The van der Waals surface area contributed by atoms with Crippen LogP contribution < -0.4 is 5.32 Å². The molecule has 0 aliphatic rings. The molecule has 2 rings (SSSR count). The molecule has 2 aromatic rings. The highest BCUT2D eigenvalue weighted by molar-refractivity contribution is 9.10. The number of hydrogen-bond acceptors (Lipinski definition) is 5. The molecule has 0 saturated carbocycles. The second kappa shape index (κ2) is 7.24. The zero-order valence-corrected chi connectivity index (χ0v) is 14.2. The van der Waals surface area contributed by atoms with Gasteiger partial charge in [-0.15, -0.1) is 11.8 Å². The minimum atomic E-state index is 0.349. The highest BCUT2D eigenvalue weighted by Gasteiger charge is 2.10. The Kier molecular flexibility index (Phi) is 5.63. The van der Waals surface area contributed by atoms with Gasteiger partial charge < -0.3 is 9.84 Å². The Hall–Kier alpha value is -0.850. The van der Waals surface area contributed by atoms with Gasteiger partial charge in [0.15, 0.2) is 5.82 Å². The SMILES string of the molecule is CNC(C)Cc1noc(CSc2ccc(Br)cc2C)n1. The molecule has 108 valence electrons. The van der Waals surface area contributed by atoms with E-state index in [-0.39, 0.29) is 0 Å². The smallest absolute Gasteiger partial charge is 0.237 e. The van der Waals surface area contributed by atoms with E-state index >= 15 is 0 Å². The molecule has 0 amide bonds. The molecular formula is C14H18BrN3OS. The van der Waals surface area contributed by atoms with Crippen molar-refractivity contribution in [2.24, 2.45) is 0 Å². The predicted molar refractivity (Wildman–Crippen MR) is 85.0 cm³/mol. The van der Waals surface area contributed by atoms with Gasteiger partial charge in [-0.25, -0.2) is 0 Å². The first-order chi connectivity index (χ1) is 9.58. The van der Waals surface area contributed by atoms with E-state index in [9.17, 15) is 0 Å². The minimum absolute atomic E-state index is 0.349. The van der Waals surface area contributed by atoms with Crippen LogP contribution in [0.2, 0.25) is 0 Å². The number of likely N-dealkylation sites (N-methyl/N-ethyl adjacent to an activating group) is 1. The van der Waals surface area contributed by atoms with Gasteiger partial charge in [0.2, 0.25) is 5.89 Å². The molecule has 1 atom stereocenters. The van der Waals surface area contributed by atoms with Gasteiger partial charge in [0.1, 0.15) is 0 Å². The zero-order chi connectivity index (χ0) is 14.5. The molecule has 0 spiro atoms. The fourth-order valence-electron chi connectivity index (χ4n) is 1.72. The summed E-state index contributed by atoms with van der Waals surface area (Å²) >= 11 is 5.18. The lowest BCUT2D eigenvalue weighted by molar-refractivity contribution is 0.382. The Morgan fingerprint density at radius 3 is 2.95 bits per heavy atom. The maximum atomic E-state index is 5.28. The fraction of sp³-hybridized carbons (Fsp3) is 0.429. The van der Waals surface area contributed by atoms with Crippen LogP contribution in [0.1, 0.15) is 24.2 Å². The summed E-state index contributed by atoms with van der Waals surface area (Å²) in [6.45, 7) is 4.19. The van der Waals surface area contributed by atoms with Crippen LogP contribution in [-0.2, 0) is 12.2 Å². The van der Waals surface area contributed by atoms with Crippen LogP contribution in [0.3, 0.4) is 0 Å². The molecule has 0 fully saturated rings. The van der Waals surface area contributed by atoms with E-state index < -0.39 is 0 Å². The average Bonchev–Trinajstić information content (AvgIpc) is 2.85. The molecule has 1 unspecified atom stereocenters. The van der Waals surface area contributed by atoms with Gasteiger partial charge in [-0.2, -0.15) is 4.98 Å². The third-order valence-corrected chi connectivity index (χ3v) is 4.63. The van der Waals surface area contributed by atoms with Crippen LogP contribution in [0.25, 0.3) is 0 Å². The number of thioether (sulfide) groups is 1. The Morgan fingerprint density at radius 2 is 2.25 bits per heavy atom. The first-order valence-corrected chi connectivity index (χ1v) is 8.24. The Labute approximate surface area is 131 Å². The fourth-order valence-corrected chi connectivity index (χ4v) is 3.04. The number of nitrogens with one attached hydrogen (secondary N) is 1. The van der Waals surface area contributed by atoms with Gasteiger partial charge in [0, 0.05) is 21.8 Å². The summed E-state index contributed by atoms with van der Waals surface area (Å²) < 4.78 is 6.37. The third-order valence-electron chi connectivity index (χ3n) is 2.98. The molecule has 1 heterocycles. The van der Waals surface area contributed by atoms with E-state index in [4.69, 9.17) is 4.52 Å². The molecule has 0 radical (unpaired) electrons. The second-order valence-electron chi connectivity index (χ2n) is 4.70. The van der Waals surface area contributed by atoms with Gasteiger partial charge in [-0.1, -0.05) is 21.1 Å². The van der Waals surface area contributed by atoms with Crippen LogP contribution in [0, 0.1) is 6.92 Å². The molecule has 1 aromatic heterocycles. The lowest BCUT2D eigenvalue weighted by Gasteiger charge is -2.05. The van der Waals surface area contributed by atoms with Crippen LogP contribution in [-0.4, -0.2) is 23.2 Å². The van der Waals surface area contributed by atoms with E-state index in [1.165, 1.54) is 10.5 Å². The van der Waals surface area contributed by atoms with Crippen LogP contribution in [0.4, 0.5) is 0 Å². The zero-order valence-electron chi connectivity index (χ0n) is 11.8. The summed E-state index contributed by atoms with van der Waals surface area (Å²) in [5.41, 5.74) is 1.24. The Bertz CT molecular complexity index is 573. The van der Waals surface area contributed by atoms with Crippen LogP contribution in [0.15, 0.2) is 32.1 Å². The van der Waals surface area contributed by atoms with Crippen molar-refractivity contribution in [1.29, 1.82) is 0 Å². The normalized spacial score (nSPS) is 12.6. The Morgan fingerprint density at radius 1 is 1.45 bits per heavy atom. The molecule has 0 saturated heterocycles. The number of hydrogen-bond donors (Lipinski definition) is 1. The van der Waals surface area contributed by atoms with Crippen LogP contribution >= 0.6 is 27.7 Å². The first kappa shape index (κ1) is 15.5. The largest absolute Gasteiger partial charge is 0.338 e. The van der Waals surface area contributed by atoms with E-state index in [1.54, 1.807) is 11.8 Å². The van der Waals surface area contributed by atoms with Crippen molar-refractivity contribution in [2.45, 2.75) is 37.0 Å². The molecule has 6 heteroatoms. The topological polar surface area (TPSA) is 51.0 Å². The van der Waals surface area contributed by atoms with Gasteiger partial charge in [-0.05, 0) is 44.7 Å². The van der Waals surface area contributed by atoms with Crippen molar-refractivity contribution in [3.63, 3.8) is 0 Å². The standard InChI is InChI=1S/C14H18BrN3OS/c1-9-6-11(15)4-5-12(9)20-8-14-17-13(18-19-14)7-10(2)16-3/h4-6,10,16H,7-8H2,1-3H3. The average molecular weight is 356 g/mol. The Balaban J connectivity index is 1.94. The highest BCUT2D eigenvalue weighted by Crippen LogP contribution is 2.27. The monoisotopic (exact) mass is 355 g/mol. The van der Waals surface area contributed by atoms with Gasteiger partial charge in [0.05, 0.1) is 5.75 Å². The van der Waals surface area contributed by atoms with E-state index in [0.717, 1.165) is 16.7 Å². The van der Waals surface area contributed by atoms with Crippen molar-refractivity contribution >= 4 is 27.7 Å². The molecule has 0 bridgehead atoms. The summed E-state index contributed by atoms with van der Waals surface area (Å²) in [5.74, 6) is 2.13. The van der Waals surface area contributed by atoms with E-state index in [1.807, 2.05) is 13.1 Å². The van der Waals surface area contributed by atoms with E-state index in [0.29, 0.717) is 17.7 Å². The van der Waals surface area contributed by atoms with Crippen molar-refractivity contribution in [3.05, 3.63) is 40.0 Å². The molecule has 0 aliphatic heterocycles. The molecule has 4 nitrogen and oxygen atoms in total.